The van der Waals surface area contributed by atoms with Crippen molar-refractivity contribution in [1.29, 1.82) is 0 Å². The first-order chi connectivity index (χ1) is 13.1. The Hall–Kier alpha value is -2.60. The lowest BCUT2D eigenvalue weighted by Crippen LogP contribution is -2.13. The van der Waals surface area contributed by atoms with E-state index in [2.05, 4.69) is 34.2 Å². The summed E-state index contributed by atoms with van der Waals surface area (Å²) < 4.78 is 5.42. The molecule has 1 atom stereocenters. The minimum absolute atomic E-state index is 0.0432. The molecule has 0 aliphatic carbocycles. The minimum Gasteiger partial charge on any atom is -0.494 e. The first-order valence-electron chi connectivity index (χ1n) is 9.06. The Morgan fingerprint density at radius 3 is 2.44 bits per heavy atom. The number of aryl methyl sites for hydroxylation is 1. The summed E-state index contributed by atoms with van der Waals surface area (Å²) in [6, 6.07) is 15.5. The van der Waals surface area contributed by atoms with Crippen molar-refractivity contribution < 1.29 is 9.53 Å². The molecule has 1 aromatic heterocycles. The standard InChI is InChI=1S/C21H23N3O2S/c1-4-15-6-8-17(9-7-15)20-22-21(24-23-20)27-14(3)19(25)16-10-12-18(13-11-16)26-5-2/h6-14H,4-5H2,1-3H3,(H,22,23,24)/t14-/m1/s1. The van der Waals surface area contributed by atoms with Crippen LogP contribution in [-0.4, -0.2) is 32.8 Å². The van der Waals surface area contributed by atoms with Crippen molar-refractivity contribution in [3.8, 4) is 17.1 Å². The largest absolute Gasteiger partial charge is 0.494 e. The van der Waals surface area contributed by atoms with Crippen LogP contribution >= 0.6 is 11.8 Å². The molecule has 0 fully saturated rings. The number of carbonyl (C=O) groups excluding carboxylic acids is 1. The second kappa shape index (κ2) is 8.86. The maximum absolute atomic E-state index is 12.6. The van der Waals surface area contributed by atoms with Crippen LogP contribution in [0.25, 0.3) is 11.4 Å². The van der Waals surface area contributed by atoms with Crippen molar-refractivity contribution in [2.75, 3.05) is 6.61 Å². The first kappa shape index (κ1) is 19.2. The Morgan fingerprint density at radius 1 is 1.11 bits per heavy atom. The van der Waals surface area contributed by atoms with E-state index in [0.29, 0.717) is 23.2 Å². The zero-order valence-electron chi connectivity index (χ0n) is 15.7. The molecule has 0 radical (unpaired) electrons. The number of H-pyrrole nitrogens is 1. The van der Waals surface area contributed by atoms with Crippen LogP contribution in [-0.2, 0) is 6.42 Å². The van der Waals surface area contributed by atoms with Crippen molar-refractivity contribution in [2.24, 2.45) is 0 Å². The highest BCUT2D eigenvalue weighted by molar-refractivity contribution is 8.00. The Morgan fingerprint density at radius 2 is 1.81 bits per heavy atom. The van der Waals surface area contributed by atoms with Gasteiger partial charge in [0.25, 0.3) is 0 Å². The number of benzene rings is 2. The van der Waals surface area contributed by atoms with Gasteiger partial charge in [0.15, 0.2) is 11.6 Å². The van der Waals surface area contributed by atoms with Gasteiger partial charge in [0.2, 0.25) is 5.16 Å². The fourth-order valence-electron chi connectivity index (χ4n) is 2.65. The van der Waals surface area contributed by atoms with Gasteiger partial charge in [-0.2, -0.15) is 0 Å². The number of nitrogens with zero attached hydrogens (tertiary/aromatic N) is 2. The van der Waals surface area contributed by atoms with E-state index in [-0.39, 0.29) is 11.0 Å². The number of rotatable bonds is 8. The molecule has 5 nitrogen and oxygen atoms in total. The number of aromatic nitrogens is 3. The summed E-state index contributed by atoms with van der Waals surface area (Å²) in [4.78, 5) is 17.2. The van der Waals surface area contributed by atoms with Crippen LogP contribution in [0.2, 0.25) is 0 Å². The highest BCUT2D eigenvalue weighted by Gasteiger charge is 2.19. The van der Waals surface area contributed by atoms with Crippen LogP contribution < -0.4 is 4.74 Å². The zero-order chi connectivity index (χ0) is 19.2. The van der Waals surface area contributed by atoms with Crippen LogP contribution in [0.4, 0.5) is 0 Å². The normalized spacial score (nSPS) is 12.0. The minimum atomic E-state index is -0.283. The second-order valence-corrected chi connectivity index (χ2v) is 7.41. The molecule has 0 aliphatic heterocycles. The van der Waals surface area contributed by atoms with Gasteiger partial charge in [-0.3, -0.25) is 9.89 Å². The van der Waals surface area contributed by atoms with E-state index >= 15 is 0 Å². The molecule has 0 bridgehead atoms. The summed E-state index contributed by atoms with van der Waals surface area (Å²) in [6.07, 6.45) is 1.00. The molecule has 0 amide bonds. The second-order valence-electron chi connectivity index (χ2n) is 6.10. The Labute approximate surface area is 163 Å². The van der Waals surface area contributed by atoms with Crippen molar-refractivity contribution in [3.63, 3.8) is 0 Å². The smallest absolute Gasteiger partial charge is 0.209 e. The van der Waals surface area contributed by atoms with E-state index in [4.69, 9.17) is 4.74 Å². The number of thioether (sulfide) groups is 1. The summed E-state index contributed by atoms with van der Waals surface area (Å²) in [5.74, 6) is 1.52. The fourth-order valence-corrected chi connectivity index (χ4v) is 3.46. The van der Waals surface area contributed by atoms with Crippen LogP contribution in [0, 0.1) is 0 Å². The molecule has 0 saturated carbocycles. The Balaban J connectivity index is 1.65. The van der Waals surface area contributed by atoms with E-state index in [0.717, 1.165) is 17.7 Å². The van der Waals surface area contributed by atoms with Gasteiger partial charge in [-0.05, 0) is 50.1 Å². The number of ether oxygens (including phenoxy) is 1. The third-order valence-electron chi connectivity index (χ3n) is 4.20. The first-order valence-corrected chi connectivity index (χ1v) is 9.94. The number of Topliss-reactive ketones (excluding diaryl/α,β-unsaturated/α-hetero) is 1. The van der Waals surface area contributed by atoms with E-state index in [9.17, 15) is 4.79 Å². The summed E-state index contributed by atoms with van der Waals surface area (Å²) in [5.41, 5.74) is 2.92. The van der Waals surface area contributed by atoms with Gasteiger partial charge in [0.1, 0.15) is 5.75 Å². The average Bonchev–Trinajstić information content (AvgIpc) is 3.17. The molecule has 1 heterocycles. The highest BCUT2D eigenvalue weighted by Crippen LogP contribution is 2.25. The molecule has 140 valence electrons. The third-order valence-corrected chi connectivity index (χ3v) is 5.16. The quantitative estimate of drug-likeness (QED) is 0.448. The van der Waals surface area contributed by atoms with Gasteiger partial charge in [-0.25, -0.2) is 4.98 Å². The van der Waals surface area contributed by atoms with Crippen molar-refractivity contribution in [1.82, 2.24) is 15.2 Å². The van der Waals surface area contributed by atoms with Crippen LogP contribution in [0.5, 0.6) is 5.75 Å². The van der Waals surface area contributed by atoms with Crippen LogP contribution in [0.15, 0.2) is 53.7 Å². The monoisotopic (exact) mass is 381 g/mol. The van der Waals surface area contributed by atoms with Crippen molar-refractivity contribution in [2.45, 2.75) is 37.6 Å². The molecular formula is C21H23N3O2S. The van der Waals surface area contributed by atoms with E-state index in [1.807, 2.05) is 38.1 Å². The van der Waals surface area contributed by atoms with Gasteiger partial charge >= 0.3 is 0 Å². The molecule has 27 heavy (non-hydrogen) atoms. The molecule has 6 heteroatoms. The third kappa shape index (κ3) is 4.77. The maximum atomic E-state index is 12.6. The fraction of sp³-hybridized carbons (Fsp3) is 0.286. The summed E-state index contributed by atoms with van der Waals surface area (Å²) in [5, 5.41) is 7.48. The predicted molar refractivity (Wildman–Crippen MR) is 108 cm³/mol. The van der Waals surface area contributed by atoms with Crippen molar-refractivity contribution >= 4 is 17.5 Å². The van der Waals surface area contributed by atoms with E-state index in [1.54, 1.807) is 12.1 Å². The number of nitrogens with one attached hydrogen (secondary N) is 1. The number of hydrogen-bond donors (Lipinski definition) is 1. The lowest BCUT2D eigenvalue weighted by molar-refractivity contribution is 0.0994. The number of aromatic amines is 1. The lowest BCUT2D eigenvalue weighted by Gasteiger charge is -2.09. The highest BCUT2D eigenvalue weighted by atomic mass is 32.2. The Bertz CT molecular complexity index is 889. The topological polar surface area (TPSA) is 67.9 Å². The van der Waals surface area contributed by atoms with Crippen LogP contribution in [0.1, 0.15) is 36.7 Å². The summed E-state index contributed by atoms with van der Waals surface area (Å²) in [6.45, 7) is 6.53. The zero-order valence-corrected chi connectivity index (χ0v) is 16.5. The molecule has 0 spiro atoms. The number of ketones is 1. The molecule has 0 aliphatic rings. The van der Waals surface area contributed by atoms with Gasteiger partial charge < -0.3 is 4.74 Å². The van der Waals surface area contributed by atoms with Gasteiger partial charge in [0.05, 0.1) is 11.9 Å². The van der Waals surface area contributed by atoms with Gasteiger partial charge in [-0.15, -0.1) is 5.10 Å². The molecule has 2 aromatic carbocycles. The molecule has 1 N–H and O–H groups in total. The average molecular weight is 382 g/mol. The maximum Gasteiger partial charge on any atom is 0.209 e. The molecule has 0 saturated heterocycles. The van der Waals surface area contributed by atoms with E-state index < -0.39 is 0 Å². The molecular weight excluding hydrogens is 358 g/mol. The SMILES string of the molecule is CCOc1ccc(C(=O)[C@@H](C)Sc2n[nH]c(-c3ccc(CC)cc3)n2)cc1. The summed E-state index contributed by atoms with van der Waals surface area (Å²) in [7, 11) is 0. The predicted octanol–water partition coefficient (Wildman–Crippen LogP) is 4.80. The Kier molecular flexibility index (Phi) is 6.29. The lowest BCUT2D eigenvalue weighted by atomic mass is 10.1. The van der Waals surface area contributed by atoms with Gasteiger partial charge in [0, 0.05) is 11.1 Å². The van der Waals surface area contributed by atoms with Gasteiger partial charge in [-0.1, -0.05) is 43.0 Å². The van der Waals surface area contributed by atoms with E-state index in [1.165, 1.54) is 17.3 Å². The molecule has 3 rings (SSSR count). The number of carbonyl (C=O) groups is 1. The van der Waals surface area contributed by atoms with Crippen molar-refractivity contribution in [3.05, 3.63) is 59.7 Å². The summed E-state index contributed by atoms with van der Waals surface area (Å²) >= 11 is 1.35. The molecule has 0 unspecified atom stereocenters. The van der Waals surface area contributed by atoms with Crippen LogP contribution in [0.3, 0.4) is 0 Å². The number of hydrogen-bond acceptors (Lipinski definition) is 5. The molecule has 3 aromatic rings.